The molecule has 6 rings (SSSR count). The van der Waals surface area contributed by atoms with Crippen LogP contribution in [-0.2, 0) is 5.41 Å². The van der Waals surface area contributed by atoms with Crippen LogP contribution in [0.3, 0.4) is 0 Å². The van der Waals surface area contributed by atoms with E-state index >= 15 is 0 Å². The summed E-state index contributed by atoms with van der Waals surface area (Å²) >= 11 is 6.23. The second-order valence-corrected chi connectivity index (χ2v) is 9.14. The van der Waals surface area contributed by atoms with Crippen LogP contribution in [0.4, 0.5) is 0 Å². The maximum absolute atomic E-state index is 6.23. The molecule has 2 aliphatic heterocycles. The molecule has 4 heterocycles. The van der Waals surface area contributed by atoms with Crippen molar-refractivity contribution in [1.29, 1.82) is 0 Å². The highest BCUT2D eigenvalue weighted by Gasteiger charge is 2.43. The first-order chi connectivity index (χ1) is 14.6. The summed E-state index contributed by atoms with van der Waals surface area (Å²) in [4.78, 5) is 7.11. The predicted molar refractivity (Wildman–Crippen MR) is 117 cm³/mol. The third-order valence-electron chi connectivity index (χ3n) is 6.98. The zero-order chi connectivity index (χ0) is 20.6. The molecule has 6 heteroatoms. The fourth-order valence-corrected chi connectivity index (χ4v) is 5.51. The van der Waals surface area contributed by atoms with E-state index in [0.717, 1.165) is 30.0 Å². The lowest BCUT2D eigenvalue weighted by Crippen LogP contribution is -2.49. The molecule has 1 saturated carbocycles. The molecule has 3 aliphatic rings. The van der Waals surface area contributed by atoms with Crippen LogP contribution in [0.15, 0.2) is 53.2 Å². The van der Waals surface area contributed by atoms with E-state index < -0.39 is 5.41 Å². The standard InChI is InChI=1S/C24H27ClN4O/c1-17-27-28-23(30-17)24(20-3-2-13-26-15-20,19-6-8-21(25)9-7-19)12-14-29-16-18-4-10-22(29)11-5-18/h2-3,6-9,13,15,18,22H,4-5,10-12,14,16H2,1H3. The van der Waals surface area contributed by atoms with Gasteiger partial charge in [0.1, 0.15) is 5.41 Å². The zero-order valence-corrected chi connectivity index (χ0v) is 18.1. The second-order valence-electron chi connectivity index (χ2n) is 8.70. The van der Waals surface area contributed by atoms with Crippen LogP contribution in [0.2, 0.25) is 5.02 Å². The van der Waals surface area contributed by atoms with Crippen molar-refractivity contribution in [3.05, 3.63) is 76.7 Å². The zero-order valence-electron chi connectivity index (χ0n) is 17.3. The van der Waals surface area contributed by atoms with E-state index in [9.17, 15) is 0 Å². The van der Waals surface area contributed by atoms with Gasteiger partial charge in [-0.15, -0.1) is 10.2 Å². The van der Waals surface area contributed by atoms with Gasteiger partial charge in [0.2, 0.25) is 11.8 Å². The first-order valence-electron chi connectivity index (χ1n) is 10.9. The molecule has 1 atom stereocenters. The minimum absolute atomic E-state index is 0.559. The third-order valence-corrected chi connectivity index (χ3v) is 7.23. The Bertz CT molecular complexity index is 982. The van der Waals surface area contributed by atoms with Gasteiger partial charge in [0, 0.05) is 43.5 Å². The van der Waals surface area contributed by atoms with Gasteiger partial charge in [-0.1, -0.05) is 29.8 Å². The Labute approximate surface area is 182 Å². The first-order valence-corrected chi connectivity index (χ1v) is 11.2. The van der Waals surface area contributed by atoms with Gasteiger partial charge in [-0.05, 0) is 67.3 Å². The molecule has 30 heavy (non-hydrogen) atoms. The first kappa shape index (κ1) is 19.7. The van der Waals surface area contributed by atoms with E-state index in [2.05, 4.69) is 38.3 Å². The monoisotopic (exact) mass is 422 g/mol. The van der Waals surface area contributed by atoms with Gasteiger partial charge in [-0.2, -0.15) is 0 Å². The molecule has 5 nitrogen and oxygen atoms in total. The molecule has 2 bridgehead atoms. The maximum atomic E-state index is 6.23. The van der Waals surface area contributed by atoms with Crippen molar-refractivity contribution < 1.29 is 4.42 Å². The van der Waals surface area contributed by atoms with Crippen molar-refractivity contribution >= 4 is 11.6 Å². The minimum atomic E-state index is -0.559. The summed E-state index contributed by atoms with van der Waals surface area (Å²) in [5, 5.41) is 9.40. The lowest BCUT2D eigenvalue weighted by molar-refractivity contribution is 0.0445. The fraction of sp³-hybridized carbons (Fsp3) is 0.458. The van der Waals surface area contributed by atoms with E-state index in [1.807, 2.05) is 31.3 Å². The van der Waals surface area contributed by atoms with Crippen molar-refractivity contribution in [1.82, 2.24) is 20.1 Å². The van der Waals surface area contributed by atoms with Crippen LogP contribution < -0.4 is 0 Å². The smallest absolute Gasteiger partial charge is 0.231 e. The molecule has 1 aromatic carbocycles. The van der Waals surface area contributed by atoms with E-state index in [1.54, 1.807) is 6.20 Å². The Morgan fingerprint density at radius 2 is 1.87 bits per heavy atom. The van der Waals surface area contributed by atoms with Gasteiger partial charge < -0.3 is 9.32 Å². The quantitative estimate of drug-likeness (QED) is 0.557. The fourth-order valence-electron chi connectivity index (χ4n) is 5.39. The number of halogens is 1. The molecule has 2 aromatic heterocycles. The highest BCUT2D eigenvalue weighted by molar-refractivity contribution is 6.30. The van der Waals surface area contributed by atoms with E-state index in [4.69, 9.17) is 16.0 Å². The van der Waals surface area contributed by atoms with Crippen molar-refractivity contribution in [3.8, 4) is 0 Å². The van der Waals surface area contributed by atoms with Crippen molar-refractivity contribution in [2.75, 3.05) is 13.1 Å². The second kappa shape index (κ2) is 8.12. The van der Waals surface area contributed by atoms with Crippen LogP contribution in [0.1, 0.15) is 55.0 Å². The molecular formula is C24H27ClN4O. The number of benzene rings is 1. The van der Waals surface area contributed by atoms with Crippen LogP contribution in [0, 0.1) is 12.8 Å². The molecule has 1 unspecified atom stereocenters. The lowest BCUT2D eigenvalue weighted by Gasteiger charge is -2.46. The number of aromatic nitrogens is 3. The number of piperidine rings is 2. The molecular weight excluding hydrogens is 396 g/mol. The highest BCUT2D eigenvalue weighted by atomic mass is 35.5. The van der Waals surface area contributed by atoms with E-state index in [1.165, 1.54) is 32.2 Å². The molecule has 1 aliphatic carbocycles. The SMILES string of the molecule is Cc1nnc(C(CCN2CC3CCC2CC3)(c2ccc(Cl)cc2)c2cccnc2)o1. The average Bonchev–Trinajstić information content (AvgIpc) is 3.23. The van der Waals surface area contributed by atoms with Crippen molar-refractivity contribution in [2.45, 2.75) is 50.5 Å². The molecule has 0 amide bonds. The topological polar surface area (TPSA) is 55.1 Å². The van der Waals surface area contributed by atoms with Gasteiger partial charge in [0.05, 0.1) is 0 Å². The van der Waals surface area contributed by atoms with Gasteiger partial charge in [0.15, 0.2) is 0 Å². The van der Waals surface area contributed by atoms with Gasteiger partial charge >= 0.3 is 0 Å². The van der Waals surface area contributed by atoms with Crippen LogP contribution >= 0.6 is 11.6 Å². The highest BCUT2D eigenvalue weighted by Crippen LogP contribution is 2.43. The van der Waals surface area contributed by atoms with Crippen LogP contribution in [0.25, 0.3) is 0 Å². The molecule has 156 valence electrons. The summed E-state index contributed by atoms with van der Waals surface area (Å²) in [5.41, 5.74) is 1.61. The van der Waals surface area contributed by atoms with Gasteiger partial charge in [-0.25, -0.2) is 0 Å². The Hall–Kier alpha value is -2.24. The third kappa shape index (κ3) is 3.54. The minimum Gasteiger partial charge on any atom is -0.424 e. The predicted octanol–water partition coefficient (Wildman–Crippen LogP) is 5.03. The van der Waals surface area contributed by atoms with E-state index in [-0.39, 0.29) is 0 Å². The van der Waals surface area contributed by atoms with E-state index in [0.29, 0.717) is 22.8 Å². The molecule has 3 fully saturated rings. The van der Waals surface area contributed by atoms with Crippen molar-refractivity contribution in [3.63, 3.8) is 0 Å². The molecule has 2 saturated heterocycles. The van der Waals surface area contributed by atoms with Crippen molar-refractivity contribution in [2.24, 2.45) is 5.92 Å². The molecule has 0 spiro atoms. The Balaban J connectivity index is 1.59. The summed E-state index contributed by atoms with van der Waals surface area (Å²) in [6, 6.07) is 12.8. The number of hydrogen-bond donors (Lipinski definition) is 0. The summed E-state index contributed by atoms with van der Waals surface area (Å²) in [6.45, 7) is 4.04. The average molecular weight is 423 g/mol. The maximum Gasteiger partial charge on any atom is 0.231 e. The summed E-state index contributed by atoms with van der Waals surface area (Å²) < 4.78 is 6.09. The number of pyridine rings is 1. The van der Waals surface area contributed by atoms with Gasteiger partial charge in [0.25, 0.3) is 0 Å². The molecule has 0 radical (unpaired) electrons. The molecule has 3 aromatic rings. The van der Waals surface area contributed by atoms with Crippen LogP contribution in [-0.4, -0.2) is 39.2 Å². The van der Waals surface area contributed by atoms with Crippen LogP contribution in [0.5, 0.6) is 0 Å². The number of hydrogen-bond acceptors (Lipinski definition) is 5. The number of rotatable bonds is 6. The number of fused-ring (bicyclic) bond motifs is 3. The molecule has 0 N–H and O–H groups in total. The Morgan fingerprint density at radius 3 is 2.47 bits per heavy atom. The van der Waals surface area contributed by atoms with Gasteiger partial charge in [-0.3, -0.25) is 4.98 Å². The summed E-state index contributed by atoms with van der Waals surface area (Å²) in [6.07, 6.45) is 10.0. The lowest BCUT2D eigenvalue weighted by atomic mass is 9.71. The Kier molecular flexibility index (Phi) is 5.34. The number of nitrogens with zero attached hydrogens (tertiary/aromatic N) is 4. The largest absolute Gasteiger partial charge is 0.424 e. The Morgan fingerprint density at radius 1 is 1.07 bits per heavy atom. The summed E-state index contributed by atoms with van der Waals surface area (Å²) in [5.74, 6) is 2.05. The normalized spacial score (nSPS) is 23.4. The number of aryl methyl sites for hydroxylation is 1. The summed E-state index contributed by atoms with van der Waals surface area (Å²) in [7, 11) is 0.